The first-order valence-electron chi connectivity index (χ1n) is 5.76. The predicted molar refractivity (Wildman–Crippen MR) is 64.4 cm³/mol. The van der Waals surface area contributed by atoms with E-state index in [1.165, 1.54) is 25.1 Å². The lowest BCUT2D eigenvalue weighted by Gasteiger charge is -2.23. The number of hydrogen-bond donors (Lipinski definition) is 0. The minimum Gasteiger partial charge on any atom is -0.354 e. The van der Waals surface area contributed by atoms with Gasteiger partial charge in [0.25, 0.3) is 0 Å². The zero-order chi connectivity index (χ0) is 11.5. The van der Waals surface area contributed by atoms with Gasteiger partial charge in [-0.15, -0.1) is 0 Å². The second kappa shape index (κ2) is 5.00. The Balaban J connectivity index is 2.15. The third-order valence-electron chi connectivity index (χ3n) is 2.76. The Morgan fingerprint density at radius 3 is 2.88 bits per heavy atom. The molecule has 4 heteroatoms. The van der Waals surface area contributed by atoms with Crippen LogP contribution in [0.4, 0.5) is 10.2 Å². The van der Waals surface area contributed by atoms with Crippen LogP contribution in [0.1, 0.15) is 26.2 Å². The predicted octanol–water partition coefficient (Wildman–Crippen LogP) is 3.50. The molecule has 1 aromatic rings. The van der Waals surface area contributed by atoms with Crippen molar-refractivity contribution in [2.75, 3.05) is 18.0 Å². The van der Waals surface area contributed by atoms with Gasteiger partial charge in [-0.1, -0.05) is 18.5 Å². The molecule has 16 heavy (non-hydrogen) atoms. The van der Waals surface area contributed by atoms with Crippen molar-refractivity contribution < 1.29 is 4.39 Å². The van der Waals surface area contributed by atoms with E-state index in [0.29, 0.717) is 10.8 Å². The summed E-state index contributed by atoms with van der Waals surface area (Å²) < 4.78 is 13.7. The van der Waals surface area contributed by atoms with E-state index in [9.17, 15) is 4.39 Å². The second-order valence-electron chi connectivity index (χ2n) is 4.35. The second-order valence-corrected chi connectivity index (χ2v) is 4.78. The number of pyridine rings is 1. The molecular formula is C12H16ClFN2. The molecule has 0 radical (unpaired) electrons. The lowest BCUT2D eigenvalue weighted by Crippen LogP contribution is -2.28. The van der Waals surface area contributed by atoms with Gasteiger partial charge in [-0.05, 0) is 31.2 Å². The average molecular weight is 243 g/mol. The Morgan fingerprint density at radius 2 is 2.31 bits per heavy atom. The van der Waals surface area contributed by atoms with E-state index in [4.69, 9.17) is 11.6 Å². The van der Waals surface area contributed by atoms with Crippen molar-refractivity contribution >= 4 is 17.4 Å². The zero-order valence-electron chi connectivity index (χ0n) is 9.42. The summed E-state index contributed by atoms with van der Waals surface area (Å²) >= 11 is 5.70. The Kier molecular flexibility index (Phi) is 3.64. The van der Waals surface area contributed by atoms with Crippen LogP contribution in [-0.2, 0) is 0 Å². The SMILES string of the molecule is CCCN(CC1CC1)c1ncc(Cl)cc1F. The van der Waals surface area contributed by atoms with E-state index in [-0.39, 0.29) is 5.82 Å². The van der Waals surface area contributed by atoms with Crippen molar-refractivity contribution in [3.8, 4) is 0 Å². The summed E-state index contributed by atoms with van der Waals surface area (Å²) in [6.45, 7) is 3.86. The molecule has 1 aromatic heterocycles. The average Bonchev–Trinajstić information content (AvgIpc) is 3.01. The summed E-state index contributed by atoms with van der Waals surface area (Å²) in [4.78, 5) is 6.13. The molecule has 0 spiro atoms. The van der Waals surface area contributed by atoms with Crippen molar-refractivity contribution in [2.45, 2.75) is 26.2 Å². The number of anilines is 1. The first-order valence-corrected chi connectivity index (χ1v) is 6.14. The van der Waals surface area contributed by atoms with Crippen LogP contribution in [0.25, 0.3) is 0 Å². The first kappa shape index (κ1) is 11.6. The van der Waals surface area contributed by atoms with Gasteiger partial charge in [0.15, 0.2) is 11.6 Å². The van der Waals surface area contributed by atoms with Crippen LogP contribution in [-0.4, -0.2) is 18.1 Å². The van der Waals surface area contributed by atoms with Crippen LogP contribution < -0.4 is 4.90 Å². The number of rotatable bonds is 5. The Labute approximate surface area is 100 Å². The van der Waals surface area contributed by atoms with Crippen LogP contribution in [0.5, 0.6) is 0 Å². The van der Waals surface area contributed by atoms with Gasteiger partial charge >= 0.3 is 0 Å². The molecular weight excluding hydrogens is 227 g/mol. The Bertz CT molecular complexity index is 366. The largest absolute Gasteiger partial charge is 0.354 e. The standard InChI is InChI=1S/C12H16ClFN2/c1-2-5-16(8-9-3-4-9)12-11(14)6-10(13)7-15-12/h6-7,9H,2-5,8H2,1H3. The Morgan fingerprint density at radius 1 is 1.56 bits per heavy atom. The lowest BCUT2D eigenvalue weighted by molar-refractivity contribution is 0.599. The molecule has 0 bridgehead atoms. The maximum absolute atomic E-state index is 13.7. The molecule has 2 nitrogen and oxygen atoms in total. The number of nitrogens with zero attached hydrogens (tertiary/aromatic N) is 2. The van der Waals surface area contributed by atoms with Gasteiger partial charge in [-0.25, -0.2) is 9.37 Å². The maximum atomic E-state index is 13.7. The highest BCUT2D eigenvalue weighted by atomic mass is 35.5. The smallest absolute Gasteiger partial charge is 0.167 e. The molecule has 0 N–H and O–H groups in total. The molecule has 0 unspecified atom stereocenters. The summed E-state index contributed by atoms with van der Waals surface area (Å²) in [5.74, 6) is 0.850. The number of halogens is 2. The van der Waals surface area contributed by atoms with Gasteiger partial charge in [-0.3, -0.25) is 0 Å². The molecule has 1 aliphatic carbocycles. The fourth-order valence-electron chi connectivity index (χ4n) is 1.81. The summed E-state index contributed by atoms with van der Waals surface area (Å²) in [7, 11) is 0. The van der Waals surface area contributed by atoms with Crippen LogP contribution in [0.3, 0.4) is 0 Å². The lowest BCUT2D eigenvalue weighted by atomic mass is 10.3. The molecule has 1 fully saturated rings. The molecule has 0 aromatic carbocycles. The topological polar surface area (TPSA) is 16.1 Å². The fraction of sp³-hybridized carbons (Fsp3) is 0.583. The molecule has 1 heterocycles. The van der Waals surface area contributed by atoms with Gasteiger partial charge in [-0.2, -0.15) is 0 Å². The maximum Gasteiger partial charge on any atom is 0.167 e. The third kappa shape index (κ3) is 2.85. The van der Waals surface area contributed by atoms with Gasteiger partial charge in [0.05, 0.1) is 5.02 Å². The van der Waals surface area contributed by atoms with Gasteiger partial charge < -0.3 is 4.90 Å². The molecule has 88 valence electrons. The molecule has 0 atom stereocenters. The van der Waals surface area contributed by atoms with Crippen molar-refractivity contribution in [1.82, 2.24) is 4.98 Å². The first-order chi connectivity index (χ1) is 7.70. The highest BCUT2D eigenvalue weighted by Gasteiger charge is 2.25. The minimum atomic E-state index is -0.318. The molecule has 0 amide bonds. The monoisotopic (exact) mass is 242 g/mol. The van der Waals surface area contributed by atoms with E-state index >= 15 is 0 Å². The van der Waals surface area contributed by atoms with Crippen LogP contribution in [0.15, 0.2) is 12.3 Å². The van der Waals surface area contributed by atoms with Gasteiger partial charge in [0, 0.05) is 19.3 Å². The minimum absolute atomic E-state index is 0.318. The van der Waals surface area contributed by atoms with Gasteiger partial charge in [0.1, 0.15) is 0 Å². The van der Waals surface area contributed by atoms with E-state index in [0.717, 1.165) is 25.4 Å². The normalized spacial score (nSPS) is 15.2. The highest BCUT2D eigenvalue weighted by Crippen LogP contribution is 2.31. The summed E-state index contributed by atoms with van der Waals surface area (Å²) in [5, 5.41) is 0.351. The molecule has 0 saturated heterocycles. The Hall–Kier alpha value is -0.830. The van der Waals surface area contributed by atoms with Crippen molar-refractivity contribution in [2.24, 2.45) is 5.92 Å². The summed E-state index contributed by atoms with van der Waals surface area (Å²) in [5.41, 5.74) is 0. The van der Waals surface area contributed by atoms with E-state index < -0.39 is 0 Å². The van der Waals surface area contributed by atoms with Crippen molar-refractivity contribution in [3.63, 3.8) is 0 Å². The van der Waals surface area contributed by atoms with Crippen molar-refractivity contribution in [1.29, 1.82) is 0 Å². The van der Waals surface area contributed by atoms with Crippen molar-refractivity contribution in [3.05, 3.63) is 23.1 Å². The molecule has 1 aliphatic rings. The van der Waals surface area contributed by atoms with Gasteiger partial charge in [0.2, 0.25) is 0 Å². The highest BCUT2D eigenvalue weighted by molar-refractivity contribution is 6.30. The number of hydrogen-bond acceptors (Lipinski definition) is 2. The van der Waals surface area contributed by atoms with E-state index in [2.05, 4.69) is 11.9 Å². The molecule has 1 saturated carbocycles. The third-order valence-corrected chi connectivity index (χ3v) is 2.96. The van der Waals surface area contributed by atoms with E-state index in [1.54, 1.807) is 0 Å². The van der Waals surface area contributed by atoms with Crippen LogP contribution in [0.2, 0.25) is 5.02 Å². The summed E-state index contributed by atoms with van der Waals surface area (Å²) in [6, 6.07) is 1.33. The quantitative estimate of drug-likeness (QED) is 0.786. The molecule has 0 aliphatic heterocycles. The molecule has 2 rings (SSSR count). The van der Waals surface area contributed by atoms with E-state index in [1.807, 2.05) is 4.90 Å². The van der Waals surface area contributed by atoms with Crippen LogP contribution >= 0.6 is 11.6 Å². The summed E-state index contributed by atoms with van der Waals surface area (Å²) in [6.07, 6.45) is 5.02. The van der Waals surface area contributed by atoms with Crippen LogP contribution in [0, 0.1) is 11.7 Å². The fourth-order valence-corrected chi connectivity index (χ4v) is 1.95. The zero-order valence-corrected chi connectivity index (χ0v) is 10.2. The number of aromatic nitrogens is 1.